The van der Waals surface area contributed by atoms with Crippen molar-refractivity contribution in [3.05, 3.63) is 34.9 Å². The Morgan fingerprint density at radius 3 is 2.26 bits per heavy atom. The average Bonchev–Trinajstić information content (AvgIpc) is 2.23. The average molecular weight is 262 g/mol. The van der Waals surface area contributed by atoms with Gasteiger partial charge in [-0.05, 0) is 55.8 Å². The Kier molecular flexibility index (Phi) is 5.17. The van der Waals surface area contributed by atoms with E-state index in [1.807, 2.05) is 0 Å². The van der Waals surface area contributed by atoms with Gasteiger partial charge in [-0.25, -0.2) is 0 Å². The van der Waals surface area contributed by atoms with Crippen molar-refractivity contribution in [1.82, 2.24) is 5.32 Å². The summed E-state index contributed by atoms with van der Waals surface area (Å²) in [4.78, 5) is 0. The first-order valence-electron chi connectivity index (χ1n) is 7.19. The standard InChI is InChI=1S/C17H30N2/c1-13-7-8-15(16(2,3)4)11-14(13)12-19-10-9-17(5,6)18/h7-8,11,19H,9-10,12,18H2,1-6H3. The van der Waals surface area contributed by atoms with Crippen molar-refractivity contribution in [3.63, 3.8) is 0 Å². The topological polar surface area (TPSA) is 38.0 Å². The zero-order valence-electron chi connectivity index (χ0n) is 13.4. The highest BCUT2D eigenvalue weighted by Crippen LogP contribution is 2.24. The molecule has 0 aliphatic rings. The molecule has 0 radical (unpaired) electrons. The van der Waals surface area contributed by atoms with E-state index in [9.17, 15) is 0 Å². The van der Waals surface area contributed by atoms with E-state index in [1.54, 1.807) is 0 Å². The van der Waals surface area contributed by atoms with E-state index >= 15 is 0 Å². The van der Waals surface area contributed by atoms with Crippen molar-refractivity contribution >= 4 is 0 Å². The number of nitrogens with one attached hydrogen (secondary N) is 1. The Labute approximate surface area is 118 Å². The van der Waals surface area contributed by atoms with E-state index in [-0.39, 0.29) is 11.0 Å². The maximum absolute atomic E-state index is 5.99. The largest absolute Gasteiger partial charge is 0.326 e. The molecule has 0 aromatic heterocycles. The number of hydrogen-bond acceptors (Lipinski definition) is 2. The van der Waals surface area contributed by atoms with Crippen LogP contribution in [-0.4, -0.2) is 12.1 Å². The Hall–Kier alpha value is -0.860. The van der Waals surface area contributed by atoms with Crippen LogP contribution < -0.4 is 11.1 Å². The molecule has 0 saturated carbocycles. The van der Waals surface area contributed by atoms with Crippen LogP contribution in [-0.2, 0) is 12.0 Å². The lowest BCUT2D eigenvalue weighted by Crippen LogP contribution is -2.35. The predicted molar refractivity (Wildman–Crippen MR) is 84.5 cm³/mol. The molecule has 108 valence electrons. The zero-order valence-corrected chi connectivity index (χ0v) is 13.4. The van der Waals surface area contributed by atoms with Gasteiger partial charge in [0, 0.05) is 12.1 Å². The third kappa shape index (κ3) is 5.75. The molecule has 0 atom stereocenters. The van der Waals surface area contributed by atoms with Crippen molar-refractivity contribution in [2.75, 3.05) is 6.54 Å². The van der Waals surface area contributed by atoms with Gasteiger partial charge in [-0.1, -0.05) is 39.0 Å². The monoisotopic (exact) mass is 262 g/mol. The third-order valence-electron chi connectivity index (χ3n) is 3.48. The van der Waals surface area contributed by atoms with Crippen molar-refractivity contribution in [2.45, 2.75) is 65.5 Å². The lowest BCUT2D eigenvalue weighted by Gasteiger charge is -2.21. The SMILES string of the molecule is Cc1ccc(C(C)(C)C)cc1CNCCC(C)(C)N. The lowest BCUT2D eigenvalue weighted by molar-refractivity contribution is 0.454. The van der Waals surface area contributed by atoms with Crippen molar-refractivity contribution in [1.29, 1.82) is 0 Å². The van der Waals surface area contributed by atoms with Gasteiger partial charge in [0.05, 0.1) is 0 Å². The van der Waals surface area contributed by atoms with Crippen molar-refractivity contribution in [2.24, 2.45) is 5.73 Å². The molecule has 0 amide bonds. The number of rotatable bonds is 5. The molecular formula is C17H30N2. The predicted octanol–water partition coefficient (Wildman–Crippen LogP) is 3.51. The highest BCUT2D eigenvalue weighted by molar-refractivity contribution is 5.34. The molecule has 2 nitrogen and oxygen atoms in total. The second-order valence-electron chi connectivity index (χ2n) is 7.31. The fourth-order valence-corrected chi connectivity index (χ4v) is 1.96. The van der Waals surface area contributed by atoms with E-state index < -0.39 is 0 Å². The van der Waals surface area contributed by atoms with E-state index in [2.05, 4.69) is 65.1 Å². The molecule has 0 unspecified atom stereocenters. The van der Waals surface area contributed by atoms with Crippen LogP contribution in [0, 0.1) is 6.92 Å². The highest BCUT2D eigenvalue weighted by Gasteiger charge is 2.14. The first kappa shape index (κ1) is 16.2. The molecule has 1 rings (SSSR count). The minimum absolute atomic E-state index is 0.0880. The van der Waals surface area contributed by atoms with E-state index in [1.165, 1.54) is 16.7 Å². The van der Waals surface area contributed by atoms with Crippen molar-refractivity contribution in [3.8, 4) is 0 Å². The molecule has 0 fully saturated rings. The molecule has 0 spiro atoms. The molecule has 0 aliphatic carbocycles. The third-order valence-corrected chi connectivity index (χ3v) is 3.48. The lowest BCUT2D eigenvalue weighted by atomic mass is 9.85. The zero-order chi connectivity index (χ0) is 14.7. The summed E-state index contributed by atoms with van der Waals surface area (Å²) in [5.74, 6) is 0. The molecule has 3 N–H and O–H groups in total. The quantitative estimate of drug-likeness (QED) is 0.797. The van der Waals surface area contributed by atoms with Crippen LogP contribution in [0.25, 0.3) is 0 Å². The maximum atomic E-state index is 5.99. The van der Waals surface area contributed by atoms with Crippen LogP contribution in [0.5, 0.6) is 0 Å². The summed E-state index contributed by atoms with van der Waals surface area (Å²) >= 11 is 0. The summed E-state index contributed by atoms with van der Waals surface area (Å²) in [5, 5.41) is 3.50. The van der Waals surface area contributed by atoms with Crippen LogP contribution in [0.1, 0.15) is 57.7 Å². The molecule has 19 heavy (non-hydrogen) atoms. The Bertz CT molecular complexity index is 408. The summed E-state index contributed by atoms with van der Waals surface area (Å²) < 4.78 is 0. The number of aryl methyl sites for hydroxylation is 1. The Balaban J connectivity index is 2.63. The fraction of sp³-hybridized carbons (Fsp3) is 0.647. The van der Waals surface area contributed by atoms with Crippen LogP contribution >= 0.6 is 0 Å². The minimum atomic E-state index is -0.0880. The molecule has 0 heterocycles. The van der Waals surface area contributed by atoms with Gasteiger partial charge in [-0.15, -0.1) is 0 Å². The van der Waals surface area contributed by atoms with Gasteiger partial charge in [-0.2, -0.15) is 0 Å². The minimum Gasteiger partial charge on any atom is -0.326 e. The Morgan fingerprint density at radius 1 is 1.11 bits per heavy atom. The van der Waals surface area contributed by atoms with Crippen LogP contribution in [0.15, 0.2) is 18.2 Å². The highest BCUT2D eigenvalue weighted by atomic mass is 14.9. The second-order valence-corrected chi connectivity index (χ2v) is 7.31. The van der Waals surface area contributed by atoms with E-state index in [4.69, 9.17) is 5.73 Å². The summed E-state index contributed by atoms with van der Waals surface area (Å²) in [6.45, 7) is 15.0. The molecule has 0 aliphatic heterocycles. The number of benzene rings is 1. The van der Waals surface area contributed by atoms with E-state index in [0.29, 0.717) is 0 Å². The molecule has 2 heteroatoms. The van der Waals surface area contributed by atoms with Gasteiger partial charge in [0.15, 0.2) is 0 Å². The summed E-state index contributed by atoms with van der Waals surface area (Å²) in [6.07, 6.45) is 0.991. The van der Waals surface area contributed by atoms with Crippen LogP contribution in [0.2, 0.25) is 0 Å². The maximum Gasteiger partial charge on any atom is 0.0208 e. The summed E-state index contributed by atoms with van der Waals surface area (Å²) in [7, 11) is 0. The van der Waals surface area contributed by atoms with Gasteiger partial charge < -0.3 is 11.1 Å². The first-order valence-corrected chi connectivity index (χ1v) is 7.19. The normalized spacial score (nSPS) is 12.8. The molecule has 0 bridgehead atoms. The fourth-order valence-electron chi connectivity index (χ4n) is 1.96. The molecule has 1 aromatic carbocycles. The summed E-state index contributed by atoms with van der Waals surface area (Å²) in [5.41, 5.74) is 10.3. The van der Waals surface area contributed by atoms with Gasteiger partial charge >= 0.3 is 0 Å². The Morgan fingerprint density at radius 2 is 1.74 bits per heavy atom. The van der Waals surface area contributed by atoms with Gasteiger partial charge in [0.2, 0.25) is 0 Å². The van der Waals surface area contributed by atoms with Crippen LogP contribution in [0.4, 0.5) is 0 Å². The molecule has 1 aromatic rings. The smallest absolute Gasteiger partial charge is 0.0208 e. The number of nitrogens with two attached hydrogens (primary N) is 1. The summed E-state index contributed by atoms with van der Waals surface area (Å²) in [6, 6.07) is 6.79. The first-order chi connectivity index (χ1) is 8.59. The van der Waals surface area contributed by atoms with Gasteiger partial charge in [0.25, 0.3) is 0 Å². The van der Waals surface area contributed by atoms with E-state index in [0.717, 1.165) is 19.5 Å². The van der Waals surface area contributed by atoms with Crippen molar-refractivity contribution < 1.29 is 0 Å². The molecule has 0 saturated heterocycles. The number of hydrogen-bond donors (Lipinski definition) is 2. The molecular weight excluding hydrogens is 232 g/mol. The van der Waals surface area contributed by atoms with Gasteiger partial charge in [-0.3, -0.25) is 0 Å². The van der Waals surface area contributed by atoms with Gasteiger partial charge in [0.1, 0.15) is 0 Å². The van der Waals surface area contributed by atoms with Crippen LogP contribution in [0.3, 0.4) is 0 Å². The second kappa shape index (κ2) is 6.06.